The molecule has 0 saturated heterocycles. The number of halogens is 1. The molecule has 0 fully saturated rings. The van der Waals surface area contributed by atoms with Gasteiger partial charge in [0.15, 0.2) is 0 Å². The summed E-state index contributed by atoms with van der Waals surface area (Å²) in [5.41, 5.74) is 0.840. The van der Waals surface area contributed by atoms with Crippen LogP contribution >= 0.6 is 11.8 Å². The molecule has 0 aliphatic rings. The molecule has 1 heterocycles. The highest BCUT2D eigenvalue weighted by Gasteiger charge is 2.21. The molecule has 0 saturated carbocycles. The van der Waals surface area contributed by atoms with Crippen LogP contribution in [0.15, 0.2) is 34.2 Å². The van der Waals surface area contributed by atoms with Gasteiger partial charge in [-0.05, 0) is 31.0 Å². The lowest BCUT2D eigenvalue weighted by Gasteiger charge is -2.10. The predicted molar refractivity (Wildman–Crippen MR) is 83.8 cm³/mol. The second-order valence-electron chi connectivity index (χ2n) is 5.14. The van der Waals surface area contributed by atoms with Gasteiger partial charge in [0.1, 0.15) is 10.8 Å². The summed E-state index contributed by atoms with van der Waals surface area (Å²) in [6, 6.07) is 6.70. The minimum atomic E-state index is -0.405. The number of hydrogen-bond donors (Lipinski definition) is 0. The summed E-state index contributed by atoms with van der Waals surface area (Å²) in [7, 11) is 0. The van der Waals surface area contributed by atoms with Gasteiger partial charge in [0.25, 0.3) is 0 Å². The van der Waals surface area contributed by atoms with E-state index in [-0.39, 0.29) is 17.7 Å². The minimum Gasteiger partial charge on any atom is -0.392 e. The smallest absolute Gasteiger partial charge is 0.310 e. The van der Waals surface area contributed by atoms with Crippen LogP contribution < -0.4 is 4.74 Å². The Balaban J connectivity index is 2.47. The normalized spacial score (nSPS) is 11.0. The summed E-state index contributed by atoms with van der Waals surface area (Å²) >= 11 is 1.42. The molecule has 1 aromatic carbocycles. The highest BCUT2D eigenvalue weighted by Crippen LogP contribution is 2.37. The maximum absolute atomic E-state index is 13.4. The van der Waals surface area contributed by atoms with E-state index in [0.717, 1.165) is 15.6 Å². The van der Waals surface area contributed by atoms with Gasteiger partial charge in [-0.3, -0.25) is 9.36 Å². The quantitative estimate of drug-likeness (QED) is 0.772. The van der Waals surface area contributed by atoms with Gasteiger partial charge in [-0.2, -0.15) is 4.98 Å². The summed E-state index contributed by atoms with van der Waals surface area (Å²) in [5.74, 6) is -0.519. The van der Waals surface area contributed by atoms with E-state index in [4.69, 9.17) is 4.74 Å². The third kappa shape index (κ3) is 3.68. The zero-order valence-corrected chi connectivity index (χ0v) is 13.9. The monoisotopic (exact) mass is 322 g/mol. The largest absolute Gasteiger partial charge is 0.392 e. The van der Waals surface area contributed by atoms with Crippen LogP contribution in [0.4, 0.5) is 4.39 Å². The van der Waals surface area contributed by atoms with E-state index in [2.05, 4.69) is 4.98 Å². The van der Waals surface area contributed by atoms with Gasteiger partial charge in [-0.1, -0.05) is 31.7 Å². The van der Waals surface area contributed by atoms with Crippen molar-refractivity contribution in [2.45, 2.75) is 50.1 Å². The van der Waals surface area contributed by atoms with Gasteiger partial charge in [-0.15, -0.1) is 0 Å². The molecule has 2 rings (SSSR count). The molecule has 0 unspecified atom stereocenters. The molecule has 0 radical (unpaired) electrons. The van der Waals surface area contributed by atoms with Crippen LogP contribution in [0.3, 0.4) is 0 Å². The van der Waals surface area contributed by atoms with Crippen molar-refractivity contribution in [3.8, 4) is 6.01 Å². The Morgan fingerprint density at radius 1 is 1.45 bits per heavy atom. The Labute approximate surface area is 133 Å². The summed E-state index contributed by atoms with van der Waals surface area (Å²) in [4.78, 5) is 16.5. The van der Waals surface area contributed by atoms with Gasteiger partial charge in [0, 0.05) is 18.4 Å². The second-order valence-corrected chi connectivity index (χ2v) is 6.20. The van der Waals surface area contributed by atoms with Crippen molar-refractivity contribution in [1.29, 1.82) is 0 Å². The van der Waals surface area contributed by atoms with Crippen molar-refractivity contribution < 1.29 is 13.9 Å². The molecule has 0 aliphatic heterocycles. The first-order chi connectivity index (χ1) is 10.4. The van der Waals surface area contributed by atoms with Gasteiger partial charge in [-0.25, -0.2) is 4.39 Å². The fraction of sp³-hybridized carbons (Fsp3) is 0.375. The SMILES string of the molecule is CCn1c(OC(C)=O)nc(C(C)C)c1Sc1cccc(F)c1. The first-order valence-corrected chi connectivity index (χ1v) is 7.96. The third-order valence-electron chi connectivity index (χ3n) is 3.02. The lowest BCUT2D eigenvalue weighted by atomic mass is 10.1. The van der Waals surface area contributed by atoms with Crippen molar-refractivity contribution in [1.82, 2.24) is 9.55 Å². The zero-order valence-electron chi connectivity index (χ0n) is 13.1. The molecule has 0 amide bonds. The molecule has 118 valence electrons. The Kier molecular flexibility index (Phi) is 5.24. The van der Waals surface area contributed by atoms with Gasteiger partial charge >= 0.3 is 12.0 Å². The molecule has 1 aromatic heterocycles. The molecule has 0 bridgehead atoms. The Hall–Kier alpha value is -1.82. The summed E-state index contributed by atoms with van der Waals surface area (Å²) in [6.07, 6.45) is 0. The summed E-state index contributed by atoms with van der Waals surface area (Å²) in [5, 5.41) is 0.874. The average molecular weight is 322 g/mol. The van der Waals surface area contributed by atoms with E-state index in [1.54, 1.807) is 6.07 Å². The molecule has 0 N–H and O–H groups in total. The number of carbonyl (C=O) groups is 1. The van der Waals surface area contributed by atoms with Gasteiger partial charge < -0.3 is 4.74 Å². The fourth-order valence-electron chi connectivity index (χ4n) is 2.05. The minimum absolute atomic E-state index is 0.165. The van der Waals surface area contributed by atoms with Crippen molar-refractivity contribution in [3.05, 3.63) is 35.8 Å². The topological polar surface area (TPSA) is 44.1 Å². The van der Waals surface area contributed by atoms with Crippen LogP contribution in [0.1, 0.15) is 39.3 Å². The number of nitrogens with zero attached hydrogens (tertiary/aromatic N) is 2. The van der Waals surface area contributed by atoms with Crippen molar-refractivity contribution in [3.63, 3.8) is 0 Å². The number of aromatic nitrogens is 2. The van der Waals surface area contributed by atoms with Crippen molar-refractivity contribution >= 4 is 17.7 Å². The second kappa shape index (κ2) is 6.96. The number of hydrogen-bond acceptors (Lipinski definition) is 4. The number of benzene rings is 1. The molecular weight excluding hydrogens is 303 g/mol. The fourth-order valence-corrected chi connectivity index (χ4v) is 3.29. The van der Waals surface area contributed by atoms with Crippen LogP contribution in [0.5, 0.6) is 6.01 Å². The predicted octanol–water partition coefficient (Wildman–Crippen LogP) is 4.24. The van der Waals surface area contributed by atoms with Crippen molar-refractivity contribution in [2.24, 2.45) is 0 Å². The van der Waals surface area contributed by atoms with Crippen LogP contribution in [0.25, 0.3) is 0 Å². The summed E-state index contributed by atoms with van der Waals surface area (Å²) < 4.78 is 20.4. The molecular formula is C16H19FN2O2S. The number of carbonyl (C=O) groups excluding carboxylic acids is 1. The maximum atomic E-state index is 13.4. The van der Waals surface area contributed by atoms with E-state index in [0.29, 0.717) is 6.54 Å². The molecule has 0 aliphatic carbocycles. The van der Waals surface area contributed by atoms with E-state index in [1.165, 1.54) is 30.8 Å². The van der Waals surface area contributed by atoms with Gasteiger partial charge in [0.2, 0.25) is 0 Å². The Morgan fingerprint density at radius 2 is 2.18 bits per heavy atom. The first-order valence-electron chi connectivity index (χ1n) is 7.14. The number of esters is 1. The Bertz CT molecular complexity index is 683. The number of imidazole rings is 1. The van der Waals surface area contributed by atoms with E-state index < -0.39 is 5.97 Å². The lowest BCUT2D eigenvalue weighted by Crippen LogP contribution is -2.08. The molecule has 0 spiro atoms. The van der Waals surface area contributed by atoms with Crippen LogP contribution in [0.2, 0.25) is 0 Å². The Morgan fingerprint density at radius 3 is 2.73 bits per heavy atom. The number of ether oxygens (including phenoxy) is 1. The van der Waals surface area contributed by atoms with Crippen LogP contribution in [0, 0.1) is 5.82 Å². The standard InChI is InChI=1S/C16H19FN2O2S/c1-5-19-15(22-13-8-6-7-12(17)9-13)14(10(2)3)18-16(19)21-11(4)20/h6-10H,5H2,1-4H3. The molecule has 6 heteroatoms. The highest BCUT2D eigenvalue weighted by atomic mass is 32.2. The van der Waals surface area contributed by atoms with Gasteiger partial charge in [0.05, 0.1) is 5.69 Å². The van der Waals surface area contributed by atoms with Crippen molar-refractivity contribution in [2.75, 3.05) is 0 Å². The average Bonchev–Trinajstić information content (AvgIpc) is 2.75. The highest BCUT2D eigenvalue weighted by molar-refractivity contribution is 7.99. The molecule has 2 aromatic rings. The third-order valence-corrected chi connectivity index (χ3v) is 4.13. The summed E-state index contributed by atoms with van der Waals surface area (Å²) in [6.45, 7) is 7.96. The number of rotatable bonds is 5. The van der Waals surface area contributed by atoms with Crippen LogP contribution in [-0.2, 0) is 11.3 Å². The first kappa shape index (κ1) is 16.5. The van der Waals surface area contributed by atoms with E-state index in [9.17, 15) is 9.18 Å². The zero-order chi connectivity index (χ0) is 16.3. The van der Waals surface area contributed by atoms with Crippen LogP contribution in [-0.4, -0.2) is 15.5 Å². The van der Waals surface area contributed by atoms with E-state index in [1.807, 2.05) is 31.4 Å². The maximum Gasteiger partial charge on any atom is 0.310 e. The lowest BCUT2D eigenvalue weighted by molar-refractivity contribution is -0.132. The molecule has 0 atom stereocenters. The molecule has 22 heavy (non-hydrogen) atoms. The molecule has 4 nitrogen and oxygen atoms in total. The van der Waals surface area contributed by atoms with E-state index >= 15 is 0 Å².